The molecule has 0 spiro atoms. The fraction of sp³-hybridized carbons (Fsp3) is 0.438. The van der Waals surface area contributed by atoms with Crippen molar-refractivity contribution in [2.24, 2.45) is 0 Å². The molecule has 2 nitrogen and oxygen atoms in total. The Morgan fingerprint density at radius 1 is 0.571 bits per heavy atom. The Morgan fingerprint density at radius 2 is 1.09 bits per heavy atom. The summed E-state index contributed by atoms with van der Waals surface area (Å²) in [6.07, 6.45) is 13.7. The maximum absolute atomic E-state index is 5.94. The molecule has 3 aromatic carbocycles. The number of hydrogen-bond donors (Lipinski definition) is 0. The van der Waals surface area contributed by atoms with Gasteiger partial charge in [0, 0.05) is 5.56 Å². The second kappa shape index (κ2) is 11.2. The average molecular weight is 488 g/mol. The lowest BCUT2D eigenvalue weighted by molar-refractivity contribution is 0.397. The normalized spacial score (nSPS) is 17.8. The quantitative estimate of drug-likeness (QED) is 0.314. The van der Waals surface area contributed by atoms with E-state index in [-0.39, 0.29) is 0 Å². The number of ether oxygens (including phenoxy) is 2. The summed E-state index contributed by atoms with van der Waals surface area (Å²) in [7, 11) is 1.83. The summed E-state index contributed by atoms with van der Waals surface area (Å²) in [5.41, 5.74) is 3.93. The van der Waals surface area contributed by atoms with Crippen LogP contribution >= 0.6 is 7.26 Å². The van der Waals surface area contributed by atoms with E-state index in [1.165, 1.54) is 69.8 Å². The standard InChI is InChI=1S/C32H40O2P/c1-33-29-22-14-23-30(34-2)32(29)28-21-12-13-24-31(28)35(25-15-6-3-7-16-25,26-17-8-4-9-18-26)27-19-10-5-11-20-27/h3,6-7,12-16,21-24,26-27H,4-5,8-11,17-20H2,1-2H3/q+1. The van der Waals surface area contributed by atoms with Crippen molar-refractivity contribution in [1.29, 1.82) is 0 Å². The van der Waals surface area contributed by atoms with Gasteiger partial charge >= 0.3 is 0 Å². The Bertz CT molecular complexity index is 1060. The summed E-state index contributed by atoms with van der Waals surface area (Å²) in [6, 6.07) is 27.2. The molecule has 0 radical (unpaired) electrons. The Kier molecular flexibility index (Phi) is 7.78. The average Bonchev–Trinajstić information content (AvgIpc) is 2.95. The number of methoxy groups -OCH3 is 2. The van der Waals surface area contributed by atoms with Gasteiger partial charge in [0.15, 0.2) is 0 Å². The monoisotopic (exact) mass is 487 g/mol. The molecule has 2 aliphatic rings. The van der Waals surface area contributed by atoms with E-state index >= 15 is 0 Å². The molecule has 3 heteroatoms. The number of hydrogen-bond acceptors (Lipinski definition) is 2. The van der Waals surface area contributed by atoms with Gasteiger partial charge < -0.3 is 9.47 Å². The molecule has 184 valence electrons. The zero-order valence-electron chi connectivity index (χ0n) is 21.4. The molecule has 2 aliphatic carbocycles. The maximum Gasteiger partial charge on any atom is 0.130 e. The van der Waals surface area contributed by atoms with Crippen molar-refractivity contribution in [2.45, 2.75) is 75.5 Å². The van der Waals surface area contributed by atoms with Gasteiger partial charge in [0.25, 0.3) is 0 Å². The van der Waals surface area contributed by atoms with Crippen LogP contribution in [0.5, 0.6) is 11.5 Å². The molecule has 0 atom stereocenters. The Hall–Kier alpha value is -2.31. The fourth-order valence-corrected chi connectivity index (χ4v) is 13.5. The molecule has 0 saturated heterocycles. The van der Waals surface area contributed by atoms with Crippen LogP contribution in [0.4, 0.5) is 0 Å². The lowest BCUT2D eigenvalue weighted by atomic mass is 9.99. The molecule has 2 fully saturated rings. The highest BCUT2D eigenvalue weighted by molar-refractivity contribution is 7.90. The molecular weight excluding hydrogens is 447 g/mol. The third kappa shape index (κ3) is 4.51. The van der Waals surface area contributed by atoms with Crippen LogP contribution in [0.2, 0.25) is 0 Å². The van der Waals surface area contributed by atoms with Crippen molar-refractivity contribution >= 4 is 17.9 Å². The minimum atomic E-state index is -1.73. The van der Waals surface area contributed by atoms with Crippen LogP contribution in [0.25, 0.3) is 11.1 Å². The molecule has 0 aromatic heterocycles. The van der Waals surface area contributed by atoms with Gasteiger partial charge in [-0.25, -0.2) is 0 Å². The van der Waals surface area contributed by atoms with Gasteiger partial charge in [0.1, 0.15) is 16.8 Å². The van der Waals surface area contributed by atoms with Crippen molar-refractivity contribution in [1.82, 2.24) is 0 Å². The van der Waals surface area contributed by atoms with Gasteiger partial charge in [0.05, 0.1) is 43.7 Å². The summed E-state index contributed by atoms with van der Waals surface area (Å²) < 4.78 is 11.9. The van der Waals surface area contributed by atoms with Crippen molar-refractivity contribution in [2.75, 3.05) is 14.2 Å². The van der Waals surface area contributed by atoms with Crippen LogP contribution in [0.3, 0.4) is 0 Å². The lowest BCUT2D eigenvalue weighted by Crippen LogP contribution is -2.41. The van der Waals surface area contributed by atoms with Gasteiger partial charge in [-0.3, -0.25) is 0 Å². The zero-order valence-corrected chi connectivity index (χ0v) is 22.3. The highest BCUT2D eigenvalue weighted by Crippen LogP contribution is 2.71. The Labute approximate surface area is 212 Å². The second-order valence-electron chi connectivity index (χ2n) is 10.3. The predicted molar refractivity (Wildman–Crippen MR) is 151 cm³/mol. The maximum atomic E-state index is 5.94. The van der Waals surface area contributed by atoms with Gasteiger partial charge in [-0.1, -0.05) is 55.3 Å². The van der Waals surface area contributed by atoms with E-state index in [0.29, 0.717) is 0 Å². The summed E-state index contributed by atoms with van der Waals surface area (Å²) >= 11 is 0. The topological polar surface area (TPSA) is 18.5 Å². The van der Waals surface area contributed by atoms with Gasteiger partial charge in [-0.15, -0.1) is 0 Å². The summed E-state index contributed by atoms with van der Waals surface area (Å²) in [5.74, 6) is 1.80. The van der Waals surface area contributed by atoms with Crippen molar-refractivity contribution in [3.8, 4) is 22.6 Å². The Balaban J connectivity index is 1.83. The minimum absolute atomic E-state index is 0.753. The van der Waals surface area contributed by atoms with E-state index in [9.17, 15) is 0 Å². The van der Waals surface area contributed by atoms with E-state index in [0.717, 1.165) is 28.4 Å². The predicted octanol–water partition coefficient (Wildman–Crippen LogP) is 8.00. The first-order valence-corrected chi connectivity index (χ1v) is 15.5. The molecule has 2 saturated carbocycles. The zero-order chi connectivity index (χ0) is 24.1. The van der Waals surface area contributed by atoms with Gasteiger partial charge in [-0.05, 0) is 81.7 Å². The van der Waals surface area contributed by atoms with Crippen LogP contribution in [0.1, 0.15) is 64.2 Å². The van der Waals surface area contributed by atoms with E-state index < -0.39 is 7.26 Å². The first-order chi connectivity index (χ1) is 17.3. The van der Waals surface area contributed by atoms with Crippen LogP contribution in [-0.2, 0) is 0 Å². The summed E-state index contributed by atoms with van der Waals surface area (Å²) in [6.45, 7) is 0. The van der Waals surface area contributed by atoms with E-state index in [1.807, 2.05) is 6.07 Å². The molecule has 0 N–H and O–H groups in total. The highest BCUT2D eigenvalue weighted by Gasteiger charge is 2.56. The van der Waals surface area contributed by atoms with Crippen LogP contribution in [0.15, 0.2) is 72.8 Å². The summed E-state index contributed by atoms with van der Waals surface area (Å²) in [5, 5.41) is 3.19. The fourth-order valence-electron chi connectivity index (χ4n) is 7.03. The smallest absolute Gasteiger partial charge is 0.130 e. The molecule has 0 unspecified atom stereocenters. The van der Waals surface area contributed by atoms with Gasteiger partial charge in [0.2, 0.25) is 0 Å². The van der Waals surface area contributed by atoms with Crippen molar-refractivity contribution < 1.29 is 9.47 Å². The molecule has 3 aromatic rings. The van der Waals surface area contributed by atoms with Crippen molar-refractivity contribution in [3.63, 3.8) is 0 Å². The first-order valence-electron chi connectivity index (χ1n) is 13.6. The number of rotatable bonds is 7. The SMILES string of the molecule is COc1cccc(OC)c1-c1ccccc1[P+](c1ccccc1)(C1CCCCC1)C1CCCCC1. The molecule has 0 aliphatic heterocycles. The Morgan fingerprint density at radius 3 is 1.63 bits per heavy atom. The highest BCUT2D eigenvalue weighted by atomic mass is 31.2. The molecule has 0 heterocycles. The third-order valence-electron chi connectivity index (χ3n) is 8.48. The number of benzene rings is 3. The third-order valence-corrected chi connectivity index (χ3v) is 14.2. The molecule has 5 rings (SSSR count). The van der Waals surface area contributed by atoms with Gasteiger partial charge in [-0.2, -0.15) is 0 Å². The lowest BCUT2D eigenvalue weighted by Gasteiger charge is -2.44. The molecule has 0 amide bonds. The summed E-state index contributed by atoms with van der Waals surface area (Å²) in [4.78, 5) is 0. The van der Waals surface area contributed by atoms with Crippen LogP contribution < -0.4 is 20.1 Å². The minimum Gasteiger partial charge on any atom is -0.496 e. The van der Waals surface area contributed by atoms with Crippen molar-refractivity contribution in [3.05, 3.63) is 72.8 Å². The molecule has 35 heavy (non-hydrogen) atoms. The largest absolute Gasteiger partial charge is 0.496 e. The molecular formula is C32H40O2P+. The molecule has 0 bridgehead atoms. The van der Waals surface area contributed by atoms with E-state index in [2.05, 4.69) is 66.7 Å². The second-order valence-corrected chi connectivity index (χ2v) is 14.3. The van der Waals surface area contributed by atoms with Crippen LogP contribution in [0, 0.1) is 0 Å². The van der Waals surface area contributed by atoms with E-state index in [4.69, 9.17) is 9.47 Å². The van der Waals surface area contributed by atoms with E-state index in [1.54, 1.807) is 24.8 Å². The first kappa shape index (κ1) is 24.4. The van der Waals surface area contributed by atoms with Crippen LogP contribution in [-0.4, -0.2) is 25.5 Å².